The number of anilines is 1. The van der Waals surface area contributed by atoms with Gasteiger partial charge in [0.25, 0.3) is 5.91 Å². The molecule has 0 radical (unpaired) electrons. The van der Waals surface area contributed by atoms with Crippen molar-refractivity contribution in [2.75, 3.05) is 50.7 Å². The van der Waals surface area contributed by atoms with E-state index in [0.29, 0.717) is 55.9 Å². The number of likely N-dealkylation sites (tertiary alicyclic amines) is 1. The molecule has 0 saturated carbocycles. The average molecular weight is 542 g/mol. The van der Waals surface area contributed by atoms with E-state index in [1.54, 1.807) is 17.9 Å². The molecule has 2 aromatic rings. The second-order valence-corrected chi connectivity index (χ2v) is 10.8. The van der Waals surface area contributed by atoms with Gasteiger partial charge >= 0.3 is 12.1 Å². The zero-order valence-electron chi connectivity index (χ0n) is 22.4. The predicted octanol–water partition coefficient (Wildman–Crippen LogP) is 4.61. The molecule has 0 bridgehead atoms. The minimum absolute atomic E-state index is 0.199. The van der Waals surface area contributed by atoms with Gasteiger partial charge in [-0.1, -0.05) is 35.9 Å². The first kappa shape index (κ1) is 27.2. The molecule has 39 heavy (non-hydrogen) atoms. The molecule has 5 rings (SSSR count). The Labute approximate surface area is 227 Å². The summed E-state index contributed by atoms with van der Waals surface area (Å²) in [5, 5.41) is 0. The number of hydrogen-bond acceptors (Lipinski definition) is 5. The smallest absolute Gasteiger partial charge is 0.416 e. The molecule has 208 valence electrons. The van der Waals surface area contributed by atoms with Gasteiger partial charge in [0, 0.05) is 69.9 Å². The van der Waals surface area contributed by atoms with Crippen molar-refractivity contribution in [2.24, 2.45) is 0 Å². The van der Waals surface area contributed by atoms with E-state index in [1.165, 1.54) is 17.2 Å². The van der Waals surface area contributed by atoms with E-state index in [0.717, 1.165) is 38.2 Å². The molecule has 1 amide bonds. The summed E-state index contributed by atoms with van der Waals surface area (Å²) in [6.07, 6.45) is -2.34. The number of aryl methyl sites for hydroxylation is 1. The second kappa shape index (κ2) is 10.7. The highest BCUT2D eigenvalue weighted by Gasteiger charge is 2.51. The van der Waals surface area contributed by atoms with Crippen molar-refractivity contribution in [3.05, 3.63) is 76.4 Å². The lowest BCUT2D eigenvalue weighted by molar-refractivity contribution is -0.151. The number of carbonyl (C=O) groups is 2. The number of nitrogens with zero attached hydrogens (tertiary/aromatic N) is 3. The lowest BCUT2D eigenvalue weighted by Crippen LogP contribution is -2.53. The van der Waals surface area contributed by atoms with E-state index < -0.39 is 23.3 Å². The number of benzene rings is 2. The number of hydrogen-bond donors (Lipinski definition) is 0. The van der Waals surface area contributed by atoms with E-state index in [-0.39, 0.29) is 5.91 Å². The van der Waals surface area contributed by atoms with Crippen LogP contribution in [0, 0.1) is 6.92 Å². The summed E-state index contributed by atoms with van der Waals surface area (Å²) in [5.74, 6) is -0.635. The number of esters is 1. The Morgan fingerprint density at radius 2 is 1.64 bits per heavy atom. The fraction of sp³-hybridized carbons (Fsp3) is 0.467. The Morgan fingerprint density at radius 3 is 2.31 bits per heavy atom. The summed E-state index contributed by atoms with van der Waals surface area (Å²) in [5.41, 5.74) is 2.25. The molecular formula is C30H34F3N3O3. The Morgan fingerprint density at radius 1 is 0.949 bits per heavy atom. The highest BCUT2D eigenvalue weighted by Crippen LogP contribution is 2.42. The van der Waals surface area contributed by atoms with Crippen LogP contribution in [-0.2, 0) is 26.9 Å². The number of carbonyl (C=O) groups excluding carboxylic acids is 2. The fourth-order valence-electron chi connectivity index (χ4n) is 5.95. The number of ether oxygens (including phenoxy) is 1. The third-order valence-electron chi connectivity index (χ3n) is 8.21. The van der Waals surface area contributed by atoms with Crippen LogP contribution in [0.2, 0.25) is 0 Å². The van der Waals surface area contributed by atoms with Crippen LogP contribution in [0.5, 0.6) is 0 Å². The van der Waals surface area contributed by atoms with Crippen LogP contribution in [0.25, 0.3) is 0 Å². The molecule has 3 aliphatic rings. The molecule has 0 atom stereocenters. The normalized spacial score (nSPS) is 20.1. The molecule has 3 heterocycles. The minimum atomic E-state index is -4.41. The average Bonchev–Trinajstić information content (AvgIpc) is 3.16. The van der Waals surface area contributed by atoms with Gasteiger partial charge in [0.05, 0.1) is 11.1 Å². The maximum absolute atomic E-state index is 13.7. The highest BCUT2D eigenvalue weighted by atomic mass is 19.4. The minimum Gasteiger partial charge on any atom is -0.450 e. The Hall–Kier alpha value is -3.33. The third-order valence-corrected chi connectivity index (χ3v) is 8.21. The maximum Gasteiger partial charge on any atom is 0.416 e. The summed E-state index contributed by atoms with van der Waals surface area (Å²) in [7, 11) is 0. The molecule has 0 aromatic heterocycles. The molecule has 0 aliphatic carbocycles. The van der Waals surface area contributed by atoms with E-state index in [9.17, 15) is 22.8 Å². The first-order valence-corrected chi connectivity index (χ1v) is 13.5. The Kier molecular flexibility index (Phi) is 7.46. The highest BCUT2D eigenvalue weighted by molar-refractivity contribution is 6.07. The lowest BCUT2D eigenvalue weighted by Gasteiger charge is -2.42. The number of halogens is 3. The Balaban J connectivity index is 1.21. The van der Waals surface area contributed by atoms with Gasteiger partial charge < -0.3 is 19.4 Å². The van der Waals surface area contributed by atoms with Crippen LogP contribution < -0.4 is 4.90 Å². The van der Waals surface area contributed by atoms with Crippen LogP contribution in [0.1, 0.15) is 36.5 Å². The molecular weight excluding hydrogens is 507 g/mol. The summed E-state index contributed by atoms with van der Waals surface area (Å²) in [6, 6.07) is 13.7. The van der Waals surface area contributed by atoms with Crippen LogP contribution in [0.3, 0.4) is 0 Å². The van der Waals surface area contributed by atoms with E-state index in [2.05, 4.69) is 36.1 Å². The zero-order valence-corrected chi connectivity index (χ0v) is 22.4. The van der Waals surface area contributed by atoms with Gasteiger partial charge in [-0.25, -0.2) is 4.79 Å². The van der Waals surface area contributed by atoms with Crippen molar-refractivity contribution < 1.29 is 27.5 Å². The van der Waals surface area contributed by atoms with E-state index in [4.69, 9.17) is 4.74 Å². The quantitative estimate of drug-likeness (QED) is 0.518. The van der Waals surface area contributed by atoms with Crippen molar-refractivity contribution in [2.45, 2.75) is 44.9 Å². The van der Waals surface area contributed by atoms with Gasteiger partial charge in [0.1, 0.15) is 5.60 Å². The van der Waals surface area contributed by atoms with Gasteiger partial charge in [-0.15, -0.1) is 0 Å². The largest absolute Gasteiger partial charge is 0.450 e. The van der Waals surface area contributed by atoms with Crippen molar-refractivity contribution >= 4 is 17.6 Å². The molecule has 9 heteroatoms. The number of rotatable bonds is 5. The standard InChI is InChI=1S/C30H34F3N3O3/c1-21-5-3-6-23(19-21)9-12-34-13-10-29(11-14-34)26(22(2)28(38)39-29)27(37)36-17-15-35(16-18-36)25-8-4-7-24(20-25)30(31,32)33/h3-8,19-20H,9-18H2,1-2H3. The molecule has 3 aliphatic heterocycles. The van der Waals surface area contributed by atoms with Crippen molar-refractivity contribution in [3.63, 3.8) is 0 Å². The lowest BCUT2D eigenvalue weighted by atomic mass is 9.82. The molecule has 0 unspecified atom stereocenters. The van der Waals surface area contributed by atoms with Gasteiger partial charge in [0.15, 0.2) is 0 Å². The monoisotopic (exact) mass is 541 g/mol. The fourth-order valence-corrected chi connectivity index (χ4v) is 5.95. The van der Waals surface area contributed by atoms with Crippen LogP contribution in [-0.4, -0.2) is 73.1 Å². The zero-order chi connectivity index (χ0) is 27.8. The van der Waals surface area contributed by atoms with Crippen LogP contribution in [0.15, 0.2) is 59.7 Å². The number of amides is 1. The molecule has 2 aromatic carbocycles. The first-order chi connectivity index (χ1) is 18.6. The molecule has 2 fully saturated rings. The second-order valence-electron chi connectivity index (χ2n) is 10.8. The Bertz CT molecular complexity index is 1270. The van der Waals surface area contributed by atoms with Crippen molar-refractivity contribution in [1.82, 2.24) is 9.80 Å². The van der Waals surface area contributed by atoms with Crippen LogP contribution in [0.4, 0.5) is 18.9 Å². The maximum atomic E-state index is 13.7. The van der Waals surface area contributed by atoms with Gasteiger partial charge in [-0.3, -0.25) is 4.79 Å². The van der Waals surface area contributed by atoms with Gasteiger partial charge in [-0.05, 0) is 44.0 Å². The van der Waals surface area contributed by atoms with Crippen molar-refractivity contribution in [1.29, 1.82) is 0 Å². The van der Waals surface area contributed by atoms with E-state index >= 15 is 0 Å². The van der Waals surface area contributed by atoms with Gasteiger partial charge in [-0.2, -0.15) is 13.2 Å². The van der Waals surface area contributed by atoms with E-state index in [1.807, 2.05) is 4.90 Å². The van der Waals surface area contributed by atoms with Crippen molar-refractivity contribution in [3.8, 4) is 0 Å². The molecule has 2 saturated heterocycles. The summed E-state index contributed by atoms with van der Waals surface area (Å²) >= 11 is 0. The number of piperidine rings is 1. The third kappa shape index (κ3) is 5.69. The summed E-state index contributed by atoms with van der Waals surface area (Å²) in [4.78, 5) is 32.3. The molecule has 1 spiro atoms. The summed E-state index contributed by atoms with van der Waals surface area (Å²) < 4.78 is 45.4. The van der Waals surface area contributed by atoms with Gasteiger partial charge in [0.2, 0.25) is 0 Å². The topological polar surface area (TPSA) is 53.1 Å². The predicted molar refractivity (Wildman–Crippen MR) is 142 cm³/mol. The number of piperazine rings is 1. The summed E-state index contributed by atoms with van der Waals surface area (Å²) in [6.45, 7) is 7.64. The first-order valence-electron chi connectivity index (χ1n) is 13.5. The number of alkyl halides is 3. The van der Waals surface area contributed by atoms with Crippen LogP contribution >= 0.6 is 0 Å². The molecule has 6 nitrogen and oxygen atoms in total. The SMILES string of the molecule is CC1=C(C(=O)N2CCN(c3cccc(C(F)(F)F)c3)CC2)C2(CCN(CCc3cccc(C)c3)CC2)OC1=O. The molecule has 0 N–H and O–H groups in total.